The highest BCUT2D eigenvalue weighted by Gasteiger charge is 2.21. The summed E-state index contributed by atoms with van der Waals surface area (Å²) in [6.45, 7) is 2.33. The Hall–Kier alpha value is -1.11. The molecule has 2 N–H and O–H groups in total. The molecular formula is C14H22ClN3O2S. The van der Waals surface area contributed by atoms with Gasteiger partial charge in [-0.2, -0.15) is 11.3 Å². The standard InChI is InChI=1S/C14H21N3O2S.ClH/c1-17(12-2-6-15-7-3-12)13(18)4-8-16-14(19)11-5-9-20-10-11;/h5,9-10,12,15H,2-4,6-8H2,1H3,(H,16,19);1H. The van der Waals surface area contributed by atoms with Crippen molar-refractivity contribution in [2.24, 2.45) is 0 Å². The molecule has 0 aromatic carbocycles. The average Bonchev–Trinajstić information content (AvgIpc) is 3.01. The molecule has 2 amide bonds. The lowest BCUT2D eigenvalue weighted by Gasteiger charge is -2.31. The maximum atomic E-state index is 12.1. The Morgan fingerprint density at radius 1 is 1.43 bits per heavy atom. The lowest BCUT2D eigenvalue weighted by atomic mass is 10.1. The van der Waals surface area contributed by atoms with Gasteiger partial charge in [-0.25, -0.2) is 0 Å². The van der Waals surface area contributed by atoms with E-state index in [1.165, 1.54) is 11.3 Å². The van der Waals surface area contributed by atoms with E-state index in [4.69, 9.17) is 0 Å². The Kier molecular flexibility index (Phi) is 7.71. The van der Waals surface area contributed by atoms with Gasteiger partial charge >= 0.3 is 0 Å². The number of hydrogen-bond donors (Lipinski definition) is 2. The van der Waals surface area contributed by atoms with Crippen molar-refractivity contribution >= 4 is 35.6 Å². The summed E-state index contributed by atoms with van der Waals surface area (Å²) in [6.07, 6.45) is 2.36. The van der Waals surface area contributed by atoms with Gasteiger partial charge in [-0.1, -0.05) is 0 Å². The first-order valence-electron chi connectivity index (χ1n) is 6.95. The number of hydrogen-bond acceptors (Lipinski definition) is 4. The third-order valence-electron chi connectivity index (χ3n) is 3.66. The second kappa shape index (κ2) is 9.02. The summed E-state index contributed by atoms with van der Waals surface area (Å²) in [5.41, 5.74) is 0.661. The first kappa shape index (κ1) is 17.9. The molecular weight excluding hydrogens is 310 g/mol. The van der Waals surface area contributed by atoms with Crippen LogP contribution >= 0.6 is 23.7 Å². The van der Waals surface area contributed by atoms with Gasteiger partial charge < -0.3 is 15.5 Å². The van der Waals surface area contributed by atoms with Gasteiger partial charge in [0.15, 0.2) is 0 Å². The number of nitrogens with one attached hydrogen (secondary N) is 2. The molecule has 1 aliphatic heterocycles. The predicted octanol–water partition coefficient (Wildman–Crippen LogP) is 1.50. The number of piperidine rings is 1. The largest absolute Gasteiger partial charge is 0.351 e. The van der Waals surface area contributed by atoms with Crippen molar-refractivity contribution in [3.63, 3.8) is 0 Å². The fraction of sp³-hybridized carbons (Fsp3) is 0.571. The van der Waals surface area contributed by atoms with E-state index in [9.17, 15) is 9.59 Å². The zero-order chi connectivity index (χ0) is 14.4. The minimum absolute atomic E-state index is 0. The van der Waals surface area contributed by atoms with Gasteiger partial charge in [-0.15, -0.1) is 12.4 Å². The van der Waals surface area contributed by atoms with Crippen LogP contribution in [0, 0.1) is 0 Å². The Morgan fingerprint density at radius 2 is 2.14 bits per heavy atom. The summed E-state index contributed by atoms with van der Waals surface area (Å²) in [5, 5.41) is 9.74. The summed E-state index contributed by atoms with van der Waals surface area (Å²) in [5.74, 6) is -0.00825. The van der Waals surface area contributed by atoms with Gasteiger partial charge in [0.05, 0.1) is 0 Å². The molecule has 7 heteroatoms. The van der Waals surface area contributed by atoms with E-state index in [2.05, 4.69) is 10.6 Å². The van der Waals surface area contributed by atoms with Crippen LogP contribution in [-0.2, 0) is 4.79 Å². The third-order valence-corrected chi connectivity index (χ3v) is 4.34. The van der Waals surface area contributed by atoms with E-state index >= 15 is 0 Å². The van der Waals surface area contributed by atoms with Gasteiger partial charge in [-0.3, -0.25) is 9.59 Å². The van der Waals surface area contributed by atoms with Crippen molar-refractivity contribution in [2.45, 2.75) is 25.3 Å². The van der Waals surface area contributed by atoms with Crippen molar-refractivity contribution in [3.8, 4) is 0 Å². The fourth-order valence-electron chi connectivity index (χ4n) is 2.35. The second-order valence-electron chi connectivity index (χ2n) is 5.00. The maximum Gasteiger partial charge on any atom is 0.252 e. The van der Waals surface area contributed by atoms with E-state index in [-0.39, 0.29) is 24.2 Å². The topological polar surface area (TPSA) is 61.4 Å². The van der Waals surface area contributed by atoms with E-state index in [1.54, 1.807) is 11.4 Å². The van der Waals surface area contributed by atoms with E-state index in [0.717, 1.165) is 25.9 Å². The first-order valence-corrected chi connectivity index (χ1v) is 7.89. The quantitative estimate of drug-likeness (QED) is 0.859. The van der Waals surface area contributed by atoms with Crippen molar-refractivity contribution in [1.82, 2.24) is 15.5 Å². The van der Waals surface area contributed by atoms with Crippen LogP contribution in [-0.4, -0.2) is 49.4 Å². The molecule has 0 aliphatic carbocycles. The van der Waals surface area contributed by atoms with E-state index in [0.29, 0.717) is 24.6 Å². The number of nitrogens with zero attached hydrogens (tertiary/aromatic N) is 1. The van der Waals surface area contributed by atoms with Crippen LogP contribution in [0.25, 0.3) is 0 Å². The van der Waals surface area contributed by atoms with Gasteiger partial charge in [-0.05, 0) is 37.4 Å². The average molecular weight is 332 g/mol. The molecule has 0 spiro atoms. The van der Waals surface area contributed by atoms with Crippen LogP contribution < -0.4 is 10.6 Å². The third kappa shape index (κ3) is 5.30. The summed E-state index contributed by atoms with van der Waals surface area (Å²) in [4.78, 5) is 25.6. The lowest BCUT2D eigenvalue weighted by molar-refractivity contribution is -0.132. The zero-order valence-corrected chi connectivity index (χ0v) is 13.8. The Bertz CT molecular complexity index is 447. The molecule has 0 atom stereocenters. The summed E-state index contributed by atoms with van der Waals surface area (Å²) >= 11 is 1.49. The SMILES string of the molecule is CN(C(=O)CCNC(=O)c1ccsc1)C1CCNCC1.Cl. The molecule has 1 saturated heterocycles. The normalized spacial score (nSPS) is 15.1. The molecule has 21 heavy (non-hydrogen) atoms. The first-order chi connectivity index (χ1) is 9.68. The minimum atomic E-state index is -0.108. The van der Waals surface area contributed by atoms with Crippen LogP contribution in [0.1, 0.15) is 29.6 Å². The monoisotopic (exact) mass is 331 g/mol. The summed E-state index contributed by atoms with van der Waals surface area (Å²) < 4.78 is 0. The van der Waals surface area contributed by atoms with Gasteiger partial charge in [0.2, 0.25) is 5.91 Å². The number of amides is 2. The number of thiophene rings is 1. The summed E-state index contributed by atoms with van der Waals surface area (Å²) in [6, 6.07) is 2.11. The van der Waals surface area contributed by atoms with Crippen LogP contribution in [0.15, 0.2) is 16.8 Å². The zero-order valence-electron chi connectivity index (χ0n) is 12.1. The van der Waals surface area contributed by atoms with Gasteiger partial charge in [0.25, 0.3) is 5.91 Å². The van der Waals surface area contributed by atoms with Crippen molar-refractivity contribution < 1.29 is 9.59 Å². The number of halogens is 1. The van der Waals surface area contributed by atoms with Crippen LogP contribution in [0.2, 0.25) is 0 Å². The maximum absolute atomic E-state index is 12.1. The number of carbonyl (C=O) groups excluding carboxylic acids is 2. The molecule has 5 nitrogen and oxygen atoms in total. The molecule has 1 fully saturated rings. The van der Waals surface area contributed by atoms with E-state index < -0.39 is 0 Å². The number of carbonyl (C=O) groups is 2. The van der Waals surface area contributed by atoms with Crippen LogP contribution in [0.4, 0.5) is 0 Å². The molecule has 1 aliphatic rings. The molecule has 2 heterocycles. The molecule has 2 rings (SSSR count). The van der Waals surface area contributed by atoms with Crippen molar-refractivity contribution in [2.75, 3.05) is 26.7 Å². The molecule has 0 radical (unpaired) electrons. The Balaban J connectivity index is 0.00000220. The fourth-order valence-corrected chi connectivity index (χ4v) is 2.99. The van der Waals surface area contributed by atoms with Gasteiger partial charge in [0, 0.05) is 37.0 Å². The Morgan fingerprint density at radius 3 is 2.76 bits per heavy atom. The van der Waals surface area contributed by atoms with Gasteiger partial charge in [0.1, 0.15) is 0 Å². The molecule has 1 aromatic heterocycles. The lowest BCUT2D eigenvalue weighted by Crippen LogP contribution is -2.44. The predicted molar refractivity (Wildman–Crippen MR) is 87.2 cm³/mol. The highest BCUT2D eigenvalue weighted by molar-refractivity contribution is 7.08. The van der Waals surface area contributed by atoms with E-state index in [1.807, 2.05) is 17.3 Å². The van der Waals surface area contributed by atoms with Crippen LogP contribution in [0.5, 0.6) is 0 Å². The van der Waals surface area contributed by atoms with Crippen LogP contribution in [0.3, 0.4) is 0 Å². The highest BCUT2D eigenvalue weighted by Crippen LogP contribution is 2.11. The Labute approximate surface area is 135 Å². The summed E-state index contributed by atoms with van der Waals surface area (Å²) in [7, 11) is 1.86. The minimum Gasteiger partial charge on any atom is -0.351 e. The second-order valence-corrected chi connectivity index (χ2v) is 5.78. The molecule has 118 valence electrons. The van der Waals surface area contributed by atoms with Crippen molar-refractivity contribution in [3.05, 3.63) is 22.4 Å². The highest BCUT2D eigenvalue weighted by atomic mass is 35.5. The van der Waals surface area contributed by atoms with Crippen molar-refractivity contribution in [1.29, 1.82) is 0 Å². The molecule has 1 aromatic rings. The smallest absolute Gasteiger partial charge is 0.252 e. The molecule has 0 bridgehead atoms. The molecule has 0 saturated carbocycles. The molecule has 0 unspecified atom stereocenters. The number of rotatable bonds is 5.